The number of fused-ring (bicyclic) bond motifs is 1. The smallest absolute Gasteiger partial charge is 0.242 e. The third kappa shape index (κ3) is 2.44. The molecule has 20 heavy (non-hydrogen) atoms. The maximum atomic E-state index is 5.93. The quantitative estimate of drug-likeness (QED) is 0.746. The topological polar surface area (TPSA) is 55.7 Å². The zero-order valence-electron chi connectivity index (χ0n) is 10.6. The molecule has 1 N–H and O–H groups in total. The van der Waals surface area contributed by atoms with E-state index in [0.29, 0.717) is 10.7 Å². The number of ether oxygens (including phenoxy) is 1. The van der Waals surface area contributed by atoms with Gasteiger partial charge in [0.2, 0.25) is 5.88 Å². The molecule has 3 rings (SSSR count). The van der Waals surface area contributed by atoms with Crippen molar-refractivity contribution in [2.75, 3.05) is 7.11 Å². The van der Waals surface area contributed by atoms with E-state index in [1.807, 2.05) is 16.7 Å². The molecule has 0 aliphatic rings. The molecule has 3 aromatic heterocycles. The maximum Gasteiger partial charge on any atom is 0.242 e. The van der Waals surface area contributed by atoms with Gasteiger partial charge in [0.05, 0.1) is 11.4 Å². The molecule has 0 aliphatic heterocycles. The Labute approximate surface area is 129 Å². The zero-order valence-corrected chi connectivity index (χ0v) is 13.0. The fourth-order valence-corrected chi connectivity index (χ4v) is 3.37. The van der Waals surface area contributed by atoms with Crippen LogP contribution in [0.3, 0.4) is 0 Å². The number of aryl methyl sites for hydroxylation is 2. The van der Waals surface area contributed by atoms with Crippen molar-refractivity contribution in [1.29, 1.82) is 0 Å². The average molecular weight is 327 g/mol. The Hall–Kier alpha value is -1.44. The largest absolute Gasteiger partial charge is 0.479 e. The summed E-state index contributed by atoms with van der Waals surface area (Å²) in [6.45, 7) is 0.732. The molecular formula is C12H11ClN4OS2. The van der Waals surface area contributed by atoms with Gasteiger partial charge in [-0.05, 0) is 30.8 Å². The summed E-state index contributed by atoms with van der Waals surface area (Å²) in [5, 5.41) is 0. The molecule has 5 nitrogen and oxygen atoms in total. The first kappa shape index (κ1) is 13.5. The van der Waals surface area contributed by atoms with Crippen LogP contribution in [0.15, 0.2) is 18.5 Å². The van der Waals surface area contributed by atoms with Crippen molar-refractivity contribution in [2.45, 2.75) is 13.0 Å². The molecule has 0 radical (unpaired) electrons. The fourth-order valence-electron chi connectivity index (χ4n) is 2.02. The second kappa shape index (κ2) is 5.51. The summed E-state index contributed by atoms with van der Waals surface area (Å²) < 4.78 is 8.56. The molecule has 0 bridgehead atoms. The summed E-state index contributed by atoms with van der Waals surface area (Å²) in [7, 11) is 1.57. The minimum atomic E-state index is 0.499. The fraction of sp³-hybridized carbons (Fsp3) is 0.250. The molecule has 3 aromatic rings. The summed E-state index contributed by atoms with van der Waals surface area (Å²) in [6.07, 6.45) is 2.33. The average Bonchev–Trinajstić information content (AvgIpc) is 2.99. The standard InChI is InChI=1S/C12H11ClN4OS2/c1-18-11-9-10(14-6-15-11)17(12(19)16-9)5-4-7-2-3-8(13)20-7/h2-3,6H,4-5H2,1H3,(H,16,19). The van der Waals surface area contributed by atoms with Gasteiger partial charge >= 0.3 is 0 Å². The predicted octanol–water partition coefficient (Wildman–Crippen LogP) is 3.46. The molecule has 3 heterocycles. The van der Waals surface area contributed by atoms with Gasteiger partial charge in [-0.25, -0.2) is 4.98 Å². The maximum absolute atomic E-state index is 5.93. The molecule has 0 unspecified atom stereocenters. The van der Waals surface area contributed by atoms with Gasteiger partial charge in [0.1, 0.15) is 11.8 Å². The van der Waals surface area contributed by atoms with Crippen LogP contribution in [-0.4, -0.2) is 26.6 Å². The van der Waals surface area contributed by atoms with Crippen LogP contribution in [0.1, 0.15) is 4.88 Å². The molecule has 0 saturated heterocycles. The second-order valence-electron chi connectivity index (χ2n) is 4.12. The number of imidazole rings is 1. The minimum absolute atomic E-state index is 0.499. The van der Waals surface area contributed by atoms with Crippen molar-refractivity contribution < 1.29 is 4.74 Å². The molecular weight excluding hydrogens is 316 g/mol. The van der Waals surface area contributed by atoms with Gasteiger partial charge in [-0.1, -0.05) is 11.6 Å². The van der Waals surface area contributed by atoms with Crippen molar-refractivity contribution in [3.8, 4) is 5.88 Å². The molecule has 0 aliphatic carbocycles. The van der Waals surface area contributed by atoms with Crippen molar-refractivity contribution in [3.63, 3.8) is 0 Å². The lowest BCUT2D eigenvalue weighted by molar-refractivity contribution is 0.401. The number of aromatic nitrogens is 4. The molecule has 0 fully saturated rings. The third-order valence-corrected chi connectivity index (χ3v) is 4.54. The highest BCUT2D eigenvalue weighted by Gasteiger charge is 2.11. The Morgan fingerprint density at radius 2 is 2.30 bits per heavy atom. The predicted molar refractivity (Wildman–Crippen MR) is 82.3 cm³/mol. The lowest BCUT2D eigenvalue weighted by atomic mass is 10.3. The lowest BCUT2D eigenvalue weighted by Gasteiger charge is -2.03. The van der Waals surface area contributed by atoms with E-state index in [9.17, 15) is 0 Å². The SMILES string of the molecule is COc1ncnc2c1[nH]c(=S)n2CCc1ccc(Cl)s1. The monoisotopic (exact) mass is 326 g/mol. The van der Waals surface area contributed by atoms with E-state index in [-0.39, 0.29) is 0 Å². The van der Waals surface area contributed by atoms with Crippen LogP contribution in [0.25, 0.3) is 11.2 Å². The Balaban J connectivity index is 1.95. The number of nitrogens with zero attached hydrogens (tertiary/aromatic N) is 3. The molecule has 8 heteroatoms. The normalized spacial score (nSPS) is 11.1. The van der Waals surface area contributed by atoms with Crippen LogP contribution in [0.2, 0.25) is 4.34 Å². The highest BCUT2D eigenvalue weighted by Crippen LogP contribution is 2.24. The van der Waals surface area contributed by atoms with Gasteiger partial charge in [0.25, 0.3) is 0 Å². The molecule has 0 amide bonds. The van der Waals surface area contributed by atoms with E-state index in [2.05, 4.69) is 15.0 Å². The van der Waals surface area contributed by atoms with Crippen molar-refractivity contribution in [3.05, 3.63) is 32.4 Å². The number of thiophene rings is 1. The van der Waals surface area contributed by atoms with Crippen LogP contribution >= 0.6 is 35.2 Å². The number of H-pyrrole nitrogens is 1. The first-order valence-electron chi connectivity index (χ1n) is 5.91. The first-order valence-corrected chi connectivity index (χ1v) is 7.51. The van der Waals surface area contributed by atoms with Crippen LogP contribution in [0.5, 0.6) is 5.88 Å². The lowest BCUT2D eigenvalue weighted by Crippen LogP contribution is -2.02. The van der Waals surface area contributed by atoms with E-state index < -0.39 is 0 Å². The highest BCUT2D eigenvalue weighted by atomic mass is 35.5. The zero-order chi connectivity index (χ0) is 14.1. The van der Waals surface area contributed by atoms with Gasteiger partial charge < -0.3 is 14.3 Å². The van der Waals surface area contributed by atoms with Crippen LogP contribution in [0, 0.1) is 4.77 Å². The number of methoxy groups -OCH3 is 1. The molecule has 0 saturated carbocycles. The van der Waals surface area contributed by atoms with Gasteiger partial charge in [-0.3, -0.25) is 0 Å². The van der Waals surface area contributed by atoms with Crippen molar-refractivity contribution in [1.82, 2.24) is 19.5 Å². The van der Waals surface area contributed by atoms with Crippen molar-refractivity contribution >= 4 is 46.3 Å². The minimum Gasteiger partial charge on any atom is -0.479 e. The van der Waals surface area contributed by atoms with E-state index in [4.69, 9.17) is 28.6 Å². The van der Waals surface area contributed by atoms with Gasteiger partial charge in [0, 0.05) is 11.4 Å². The summed E-state index contributed by atoms with van der Waals surface area (Å²) in [5.74, 6) is 0.499. The number of hydrogen-bond acceptors (Lipinski definition) is 5. The molecule has 0 spiro atoms. The summed E-state index contributed by atoms with van der Waals surface area (Å²) in [6, 6.07) is 3.93. The highest BCUT2D eigenvalue weighted by molar-refractivity contribution is 7.71. The number of nitrogens with one attached hydrogen (secondary N) is 1. The number of hydrogen-bond donors (Lipinski definition) is 1. The Morgan fingerprint density at radius 3 is 3.00 bits per heavy atom. The van der Waals surface area contributed by atoms with Gasteiger partial charge in [-0.15, -0.1) is 11.3 Å². The number of rotatable bonds is 4. The summed E-state index contributed by atoms with van der Waals surface area (Å²) in [5.41, 5.74) is 1.48. The second-order valence-corrected chi connectivity index (χ2v) is 6.31. The van der Waals surface area contributed by atoms with E-state index in [1.54, 1.807) is 18.4 Å². The van der Waals surface area contributed by atoms with Crippen LogP contribution in [0.4, 0.5) is 0 Å². The van der Waals surface area contributed by atoms with E-state index in [1.165, 1.54) is 11.2 Å². The first-order chi connectivity index (χ1) is 9.69. The van der Waals surface area contributed by atoms with E-state index >= 15 is 0 Å². The third-order valence-electron chi connectivity index (χ3n) is 2.93. The Morgan fingerprint density at radius 1 is 1.45 bits per heavy atom. The van der Waals surface area contributed by atoms with Crippen molar-refractivity contribution in [2.24, 2.45) is 0 Å². The van der Waals surface area contributed by atoms with Gasteiger partial charge in [0.15, 0.2) is 10.4 Å². The van der Waals surface area contributed by atoms with Crippen LogP contribution < -0.4 is 4.74 Å². The Kier molecular flexibility index (Phi) is 3.73. The molecule has 0 atom stereocenters. The van der Waals surface area contributed by atoms with Gasteiger partial charge in [-0.2, -0.15) is 4.98 Å². The van der Waals surface area contributed by atoms with Crippen LogP contribution in [-0.2, 0) is 13.0 Å². The van der Waals surface area contributed by atoms with E-state index in [0.717, 1.165) is 28.5 Å². The molecule has 0 aromatic carbocycles. The number of aromatic amines is 1. The summed E-state index contributed by atoms with van der Waals surface area (Å²) in [4.78, 5) is 12.6. The molecule has 104 valence electrons. The Bertz CT molecular complexity index is 807. The number of halogens is 1. The summed E-state index contributed by atoms with van der Waals surface area (Å²) >= 11 is 12.9.